The molecule has 142 valence electrons. The molecule has 1 N–H and O–H groups in total. The second-order valence-electron chi connectivity index (χ2n) is 6.44. The lowest BCUT2D eigenvalue weighted by Crippen LogP contribution is -2.45. The summed E-state index contributed by atoms with van der Waals surface area (Å²) >= 11 is 1.18. The number of rotatable bonds is 4. The molecule has 1 atom stereocenters. The second kappa shape index (κ2) is 7.47. The number of fused-ring (bicyclic) bond motifs is 1. The molecule has 8 heteroatoms. The maximum absolute atomic E-state index is 13.0. The van der Waals surface area contributed by atoms with Gasteiger partial charge in [0.2, 0.25) is 17.7 Å². The number of anilines is 2. The maximum atomic E-state index is 13.0. The topological polar surface area (TPSA) is 88.3 Å². The first-order valence-electron chi connectivity index (χ1n) is 8.79. The Balaban J connectivity index is 1.52. The largest absolute Gasteiger partial charge is 0.411 e. The van der Waals surface area contributed by atoms with E-state index in [1.165, 1.54) is 16.7 Å². The number of amides is 2. The Labute approximate surface area is 166 Å². The molecule has 2 aromatic carbocycles. The first-order valence-corrected chi connectivity index (χ1v) is 9.67. The molecular weight excluding hydrogens is 376 g/mol. The number of nitrogens with zero attached hydrogens (tertiary/aromatic N) is 3. The molecule has 1 aliphatic heterocycles. The van der Waals surface area contributed by atoms with E-state index in [0.717, 1.165) is 11.1 Å². The molecule has 3 aromatic rings. The molecule has 0 saturated heterocycles. The van der Waals surface area contributed by atoms with Gasteiger partial charge in [0.1, 0.15) is 6.54 Å². The highest BCUT2D eigenvalue weighted by Crippen LogP contribution is 2.33. The number of thioether (sulfide) groups is 1. The minimum absolute atomic E-state index is 0.0148. The van der Waals surface area contributed by atoms with E-state index in [9.17, 15) is 9.59 Å². The molecule has 0 radical (unpaired) electrons. The average Bonchev–Trinajstić information content (AvgIpc) is 3.15. The molecule has 0 bridgehead atoms. The van der Waals surface area contributed by atoms with Gasteiger partial charge in [-0.1, -0.05) is 42.1 Å². The maximum Gasteiger partial charge on any atom is 0.277 e. The van der Waals surface area contributed by atoms with Crippen molar-refractivity contribution in [2.75, 3.05) is 16.8 Å². The number of hydrogen-bond acceptors (Lipinski definition) is 6. The van der Waals surface area contributed by atoms with Gasteiger partial charge in [0.25, 0.3) is 5.22 Å². The fourth-order valence-corrected chi connectivity index (χ4v) is 3.78. The zero-order valence-corrected chi connectivity index (χ0v) is 16.2. The van der Waals surface area contributed by atoms with Gasteiger partial charge in [-0.25, -0.2) is 0 Å². The summed E-state index contributed by atoms with van der Waals surface area (Å²) in [5, 5.41) is 10.7. The lowest BCUT2D eigenvalue weighted by Gasteiger charge is -2.30. The molecule has 1 aliphatic rings. The van der Waals surface area contributed by atoms with Crippen molar-refractivity contribution < 1.29 is 14.0 Å². The predicted octanol–water partition coefficient (Wildman–Crippen LogP) is 3.51. The molecular formula is C20H18N4O3S. The third-order valence-corrected chi connectivity index (χ3v) is 5.37. The summed E-state index contributed by atoms with van der Waals surface area (Å²) in [6.07, 6.45) is 0. The monoisotopic (exact) mass is 394 g/mol. The number of benzene rings is 2. The van der Waals surface area contributed by atoms with Crippen molar-refractivity contribution in [3.05, 3.63) is 54.1 Å². The Morgan fingerprint density at radius 1 is 1.18 bits per heavy atom. The van der Waals surface area contributed by atoms with Crippen LogP contribution in [-0.2, 0) is 9.59 Å². The smallest absolute Gasteiger partial charge is 0.277 e. The summed E-state index contributed by atoms with van der Waals surface area (Å²) in [6.45, 7) is 3.72. The van der Waals surface area contributed by atoms with Gasteiger partial charge in [-0.3, -0.25) is 14.5 Å². The number of nitrogens with one attached hydrogen (secondary N) is 1. The van der Waals surface area contributed by atoms with Crippen LogP contribution in [0.2, 0.25) is 0 Å². The van der Waals surface area contributed by atoms with Crippen LogP contribution >= 0.6 is 11.8 Å². The van der Waals surface area contributed by atoms with Crippen molar-refractivity contribution in [2.45, 2.75) is 24.3 Å². The highest BCUT2D eigenvalue weighted by molar-refractivity contribution is 8.00. The minimum atomic E-state index is -0.496. The van der Waals surface area contributed by atoms with Crippen LogP contribution in [0.1, 0.15) is 12.5 Å². The fourth-order valence-electron chi connectivity index (χ4n) is 3.03. The van der Waals surface area contributed by atoms with Gasteiger partial charge in [-0.05, 0) is 37.6 Å². The molecule has 0 saturated carbocycles. The molecule has 0 unspecified atom stereocenters. The standard InChI is InChI=1S/C20H18N4O3S/c1-12-7-3-4-8-14(12)18-22-23-20(27-18)28-13(2)19(26)24-11-17(25)21-15-9-5-6-10-16(15)24/h3-10,13H,11H2,1-2H3,(H,21,25)/t13-/m0/s1. The Bertz CT molecular complexity index is 1050. The zero-order valence-electron chi connectivity index (χ0n) is 15.4. The normalized spacial score (nSPS) is 14.4. The van der Waals surface area contributed by atoms with Crippen LogP contribution in [0.3, 0.4) is 0 Å². The van der Waals surface area contributed by atoms with Crippen LogP contribution < -0.4 is 10.2 Å². The van der Waals surface area contributed by atoms with E-state index in [4.69, 9.17) is 4.42 Å². The number of carbonyl (C=O) groups is 2. The van der Waals surface area contributed by atoms with Crippen LogP contribution in [0, 0.1) is 6.92 Å². The van der Waals surface area contributed by atoms with E-state index in [-0.39, 0.29) is 18.4 Å². The van der Waals surface area contributed by atoms with Gasteiger partial charge in [0.15, 0.2) is 0 Å². The van der Waals surface area contributed by atoms with Crippen molar-refractivity contribution >= 4 is 35.0 Å². The predicted molar refractivity (Wildman–Crippen MR) is 107 cm³/mol. The molecule has 1 aromatic heterocycles. The lowest BCUT2D eigenvalue weighted by molar-refractivity contribution is -0.121. The first-order chi connectivity index (χ1) is 13.5. The van der Waals surface area contributed by atoms with Gasteiger partial charge in [-0.15, -0.1) is 10.2 Å². The van der Waals surface area contributed by atoms with Crippen molar-refractivity contribution in [3.63, 3.8) is 0 Å². The van der Waals surface area contributed by atoms with Crippen LogP contribution in [0.4, 0.5) is 11.4 Å². The highest BCUT2D eigenvalue weighted by Gasteiger charge is 2.31. The summed E-state index contributed by atoms with van der Waals surface area (Å²) in [4.78, 5) is 26.4. The lowest BCUT2D eigenvalue weighted by atomic mass is 10.1. The number of hydrogen-bond donors (Lipinski definition) is 1. The fraction of sp³-hybridized carbons (Fsp3) is 0.200. The van der Waals surface area contributed by atoms with E-state index in [0.29, 0.717) is 22.5 Å². The van der Waals surface area contributed by atoms with Crippen molar-refractivity contribution in [3.8, 4) is 11.5 Å². The van der Waals surface area contributed by atoms with E-state index >= 15 is 0 Å². The SMILES string of the molecule is Cc1ccccc1-c1nnc(S[C@@H](C)C(=O)N2CC(=O)Nc3ccccc32)o1. The first kappa shape index (κ1) is 18.2. The number of aromatic nitrogens is 2. The van der Waals surface area contributed by atoms with E-state index in [1.54, 1.807) is 13.0 Å². The van der Waals surface area contributed by atoms with Crippen molar-refractivity contribution in [1.82, 2.24) is 10.2 Å². The van der Waals surface area contributed by atoms with Crippen molar-refractivity contribution in [1.29, 1.82) is 0 Å². The Kier molecular flexibility index (Phi) is 4.87. The molecule has 2 heterocycles. The van der Waals surface area contributed by atoms with E-state index in [1.807, 2.05) is 49.4 Å². The van der Waals surface area contributed by atoms with E-state index < -0.39 is 5.25 Å². The Morgan fingerprint density at radius 3 is 2.75 bits per heavy atom. The minimum Gasteiger partial charge on any atom is -0.411 e. The Hall–Kier alpha value is -3.13. The summed E-state index contributed by atoms with van der Waals surface area (Å²) in [6, 6.07) is 15.0. The van der Waals surface area contributed by atoms with Gasteiger partial charge < -0.3 is 9.73 Å². The summed E-state index contributed by atoms with van der Waals surface area (Å²) in [5.41, 5.74) is 3.21. The van der Waals surface area contributed by atoms with Gasteiger partial charge in [0, 0.05) is 5.56 Å². The van der Waals surface area contributed by atoms with E-state index in [2.05, 4.69) is 15.5 Å². The van der Waals surface area contributed by atoms with Crippen LogP contribution in [0.15, 0.2) is 58.2 Å². The molecule has 2 amide bonds. The number of carbonyl (C=O) groups excluding carboxylic acids is 2. The molecule has 0 spiro atoms. The summed E-state index contributed by atoms with van der Waals surface area (Å²) < 4.78 is 5.74. The van der Waals surface area contributed by atoms with Crippen LogP contribution in [0.5, 0.6) is 0 Å². The van der Waals surface area contributed by atoms with Crippen LogP contribution in [-0.4, -0.2) is 33.8 Å². The summed E-state index contributed by atoms with van der Waals surface area (Å²) in [7, 11) is 0. The van der Waals surface area contributed by atoms with Gasteiger partial charge in [-0.2, -0.15) is 0 Å². The number of para-hydroxylation sites is 2. The third kappa shape index (κ3) is 3.50. The molecule has 0 fully saturated rings. The molecule has 0 aliphatic carbocycles. The molecule has 7 nitrogen and oxygen atoms in total. The third-order valence-electron chi connectivity index (χ3n) is 4.44. The molecule has 4 rings (SSSR count). The van der Waals surface area contributed by atoms with Crippen LogP contribution in [0.25, 0.3) is 11.5 Å². The second-order valence-corrected chi connectivity index (χ2v) is 7.73. The van der Waals surface area contributed by atoms with Crippen molar-refractivity contribution in [2.24, 2.45) is 0 Å². The molecule has 28 heavy (non-hydrogen) atoms. The summed E-state index contributed by atoms with van der Waals surface area (Å²) in [5.74, 6) is 0.00904. The Morgan fingerprint density at radius 2 is 1.93 bits per heavy atom. The zero-order chi connectivity index (χ0) is 19.7. The van der Waals surface area contributed by atoms with Gasteiger partial charge >= 0.3 is 0 Å². The quantitative estimate of drug-likeness (QED) is 0.681. The van der Waals surface area contributed by atoms with Gasteiger partial charge in [0.05, 0.1) is 16.6 Å². The highest BCUT2D eigenvalue weighted by atomic mass is 32.2. The number of aryl methyl sites for hydroxylation is 1. The average molecular weight is 394 g/mol.